The van der Waals surface area contributed by atoms with Crippen LogP contribution in [0.25, 0.3) is 0 Å². The van der Waals surface area contributed by atoms with E-state index in [9.17, 15) is 15.0 Å². The Kier molecular flexibility index (Phi) is 31.5. The van der Waals surface area contributed by atoms with E-state index in [1.165, 1.54) is 135 Å². The topological polar surface area (TPSA) is 69.6 Å². The molecular weight excluding hydrogens is 494 g/mol. The predicted octanol–water partition coefficient (Wildman–Crippen LogP) is 10.1. The van der Waals surface area contributed by atoms with Crippen molar-refractivity contribution in [2.24, 2.45) is 0 Å². The van der Waals surface area contributed by atoms with Crippen LogP contribution < -0.4 is 5.32 Å². The first kappa shape index (κ1) is 38.9. The van der Waals surface area contributed by atoms with E-state index in [1.54, 1.807) is 6.08 Å². The van der Waals surface area contributed by atoms with Gasteiger partial charge >= 0.3 is 0 Å². The molecular formula is C36H69NO3. The van der Waals surface area contributed by atoms with Crippen LogP contribution >= 0.6 is 0 Å². The number of carbonyl (C=O) groups excluding carboxylic acids is 1. The van der Waals surface area contributed by atoms with Crippen LogP contribution in [0.1, 0.15) is 181 Å². The summed E-state index contributed by atoms with van der Waals surface area (Å²) in [6, 6.07) is -0.615. The van der Waals surface area contributed by atoms with Crippen LogP contribution in [-0.2, 0) is 4.79 Å². The first-order chi connectivity index (χ1) is 19.7. The molecule has 0 saturated carbocycles. The second kappa shape index (κ2) is 32.4. The molecule has 4 nitrogen and oxygen atoms in total. The highest BCUT2D eigenvalue weighted by molar-refractivity contribution is 5.76. The largest absolute Gasteiger partial charge is 0.394 e. The Hall–Kier alpha value is -1.13. The smallest absolute Gasteiger partial charge is 0.220 e. The van der Waals surface area contributed by atoms with Crippen molar-refractivity contribution in [3.63, 3.8) is 0 Å². The van der Waals surface area contributed by atoms with Gasteiger partial charge in [-0.15, -0.1) is 0 Å². The molecule has 0 saturated heterocycles. The fourth-order valence-corrected chi connectivity index (χ4v) is 5.17. The lowest BCUT2D eigenvalue weighted by molar-refractivity contribution is -0.123. The Morgan fingerprint density at radius 3 is 1.43 bits per heavy atom. The summed E-state index contributed by atoms with van der Waals surface area (Å²) in [5, 5.41) is 22.5. The minimum absolute atomic E-state index is 0.0727. The number of hydrogen-bond donors (Lipinski definition) is 3. The summed E-state index contributed by atoms with van der Waals surface area (Å²) in [6.45, 7) is 4.20. The molecule has 236 valence electrons. The van der Waals surface area contributed by atoms with Gasteiger partial charge in [0, 0.05) is 6.42 Å². The van der Waals surface area contributed by atoms with Gasteiger partial charge in [-0.05, 0) is 44.9 Å². The number of unbranched alkanes of at least 4 members (excludes halogenated alkanes) is 22. The Balaban J connectivity index is 3.44. The molecule has 2 atom stereocenters. The highest BCUT2D eigenvalue weighted by Gasteiger charge is 2.17. The summed E-state index contributed by atoms with van der Waals surface area (Å²) in [5.74, 6) is -0.0727. The number of rotatable bonds is 31. The van der Waals surface area contributed by atoms with Crippen LogP contribution in [0.4, 0.5) is 0 Å². The second-order valence-electron chi connectivity index (χ2n) is 11.9. The third kappa shape index (κ3) is 28.4. The van der Waals surface area contributed by atoms with Gasteiger partial charge < -0.3 is 15.5 Å². The number of hydrogen-bond acceptors (Lipinski definition) is 3. The molecule has 2 unspecified atom stereocenters. The maximum absolute atomic E-state index is 12.2. The lowest BCUT2D eigenvalue weighted by atomic mass is 10.0. The summed E-state index contributed by atoms with van der Waals surface area (Å²) in [6.07, 6.45) is 40.1. The summed E-state index contributed by atoms with van der Waals surface area (Å²) < 4.78 is 0. The maximum atomic E-state index is 12.2. The lowest BCUT2D eigenvalue weighted by Crippen LogP contribution is -2.45. The number of aliphatic hydroxyl groups excluding tert-OH is 2. The zero-order valence-electron chi connectivity index (χ0n) is 26.9. The molecule has 0 aliphatic heterocycles. The second-order valence-corrected chi connectivity index (χ2v) is 11.9. The van der Waals surface area contributed by atoms with Crippen LogP contribution in [0.2, 0.25) is 0 Å². The fourth-order valence-electron chi connectivity index (χ4n) is 5.17. The molecule has 0 aromatic rings. The van der Waals surface area contributed by atoms with E-state index in [0.717, 1.165) is 25.7 Å². The van der Waals surface area contributed by atoms with E-state index in [0.29, 0.717) is 6.42 Å². The quantitative estimate of drug-likeness (QED) is 0.0580. The molecule has 0 aromatic carbocycles. The van der Waals surface area contributed by atoms with Crippen molar-refractivity contribution >= 4 is 5.91 Å². The first-order valence-electron chi connectivity index (χ1n) is 17.6. The monoisotopic (exact) mass is 564 g/mol. The van der Waals surface area contributed by atoms with Crippen molar-refractivity contribution in [2.75, 3.05) is 6.61 Å². The van der Waals surface area contributed by atoms with Crippen LogP contribution in [0.3, 0.4) is 0 Å². The van der Waals surface area contributed by atoms with Crippen LogP contribution in [0.5, 0.6) is 0 Å². The predicted molar refractivity (Wildman–Crippen MR) is 175 cm³/mol. The van der Waals surface area contributed by atoms with E-state index in [2.05, 4.69) is 31.3 Å². The average Bonchev–Trinajstić information content (AvgIpc) is 2.96. The van der Waals surface area contributed by atoms with Crippen molar-refractivity contribution < 1.29 is 15.0 Å². The van der Waals surface area contributed by atoms with Gasteiger partial charge in [-0.2, -0.15) is 0 Å². The first-order valence-corrected chi connectivity index (χ1v) is 17.6. The van der Waals surface area contributed by atoms with E-state index < -0.39 is 12.1 Å². The number of nitrogens with one attached hydrogen (secondary N) is 1. The van der Waals surface area contributed by atoms with Crippen molar-refractivity contribution in [2.45, 2.75) is 193 Å². The van der Waals surface area contributed by atoms with Gasteiger partial charge in [0.25, 0.3) is 0 Å². The molecule has 1 amide bonds. The zero-order chi connectivity index (χ0) is 29.4. The number of amides is 1. The molecule has 4 heteroatoms. The summed E-state index contributed by atoms with van der Waals surface area (Å²) in [4.78, 5) is 12.2. The van der Waals surface area contributed by atoms with Gasteiger partial charge in [0.2, 0.25) is 5.91 Å². The molecule has 3 N–H and O–H groups in total. The molecule has 0 radical (unpaired) electrons. The molecule has 0 heterocycles. The lowest BCUT2D eigenvalue weighted by Gasteiger charge is -2.20. The van der Waals surface area contributed by atoms with Gasteiger partial charge in [0.1, 0.15) is 0 Å². The third-order valence-corrected chi connectivity index (χ3v) is 7.93. The minimum atomic E-state index is -0.832. The number of allylic oxidation sites excluding steroid dienone is 3. The van der Waals surface area contributed by atoms with E-state index in [-0.39, 0.29) is 12.5 Å². The maximum Gasteiger partial charge on any atom is 0.220 e. The van der Waals surface area contributed by atoms with E-state index in [1.807, 2.05) is 6.08 Å². The zero-order valence-corrected chi connectivity index (χ0v) is 26.9. The van der Waals surface area contributed by atoms with E-state index in [4.69, 9.17) is 0 Å². The third-order valence-electron chi connectivity index (χ3n) is 7.93. The van der Waals surface area contributed by atoms with Gasteiger partial charge in [-0.1, -0.05) is 154 Å². The SMILES string of the molecule is CCCCC/C=C/C(O)C(CO)NC(=O)CCCCCCCCCCCCC/C=C\CCCCCCCCCC. The molecule has 0 rings (SSSR count). The normalized spacial score (nSPS) is 13.4. The highest BCUT2D eigenvalue weighted by Crippen LogP contribution is 2.14. The fraction of sp³-hybridized carbons (Fsp3) is 0.861. The Morgan fingerprint density at radius 1 is 0.575 bits per heavy atom. The van der Waals surface area contributed by atoms with Gasteiger partial charge in [0.05, 0.1) is 18.8 Å². The Bertz CT molecular complexity index is 574. The van der Waals surface area contributed by atoms with Gasteiger partial charge in [-0.3, -0.25) is 4.79 Å². The molecule has 0 bridgehead atoms. The van der Waals surface area contributed by atoms with Gasteiger partial charge in [-0.25, -0.2) is 0 Å². The van der Waals surface area contributed by atoms with Crippen LogP contribution in [-0.4, -0.2) is 34.9 Å². The molecule has 0 fully saturated rings. The minimum Gasteiger partial charge on any atom is -0.394 e. The molecule has 0 spiro atoms. The van der Waals surface area contributed by atoms with Crippen molar-refractivity contribution in [3.05, 3.63) is 24.3 Å². The number of carbonyl (C=O) groups is 1. The van der Waals surface area contributed by atoms with Crippen molar-refractivity contribution in [1.29, 1.82) is 0 Å². The highest BCUT2D eigenvalue weighted by atomic mass is 16.3. The average molecular weight is 564 g/mol. The molecule has 0 aliphatic rings. The summed E-state index contributed by atoms with van der Waals surface area (Å²) in [7, 11) is 0. The molecule has 0 aromatic heterocycles. The van der Waals surface area contributed by atoms with Gasteiger partial charge in [0.15, 0.2) is 0 Å². The molecule has 0 aliphatic carbocycles. The Morgan fingerprint density at radius 2 is 0.950 bits per heavy atom. The van der Waals surface area contributed by atoms with Crippen molar-refractivity contribution in [1.82, 2.24) is 5.32 Å². The molecule has 40 heavy (non-hydrogen) atoms. The van der Waals surface area contributed by atoms with E-state index >= 15 is 0 Å². The summed E-state index contributed by atoms with van der Waals surface area (Å²) in [5.41, 5.74) is 0. The Labute approximate surface area is 249 Å². The van der Waals surface area contributed by atoms with Crippen LogP contribution in [0.15, 0.2) is 24.3 Å². The summed E-state index contributed by atoms with van der Waals surface area (Å²) >= 11 is 0. The number of aliphatic hydroxyl groups is 2. The van der Waals surface area contributed by atoms with Crippen molar-refractivity contribution in [3.8, 4) is 0 Å². The van der Waals surface area contributed by atoms with Crippen LogP contribution in [0, 0.1) is 0 Å². The standard InChI is InChI=1S/C36H69NO3/c1-3-5-7-9-10-11-12-13-14-15-16-17-18-19-20-21-22-23-24-25-26-28-30-32-36(40)37-34(33-38)35(39)31-29-27-8-6-4-2/h15-16,29,31,34-35,38-39H,3-14,17-28,30,32-33H2,1-2H3,(H,37,40)/b16-15-,31-29+.